The van der Waals surface area contributed by atoms with Crippen LogP contribution in [0.5, 0.6) is 5.75 Å². The van der Waals surface area contributed by atoms with Gasteiger partial charge in [-0.05, 0) is 56.4 Å². The summed E-state index contributed by atoms with van der Waals surface area (Å²) >= 11 is 3.08. The van der Waals surface area contributed by atoms with Crippen LogP contribution in [0.4, 0.5) is 0 Å². The fourth-order valence-electron chi connectivity index (χ4n) is 3.74. The highest BCUT2D eigenvalue weighted by Gasteiger charge is 2.21. The Morgan fingerprint density at radius 2 is 2.13 bits per heavy atom. The fraction of sp³-hybridized carbons (Fsp3) is 0.409. The van der Waals surface area contributed by atoms with Gasteiger partial charge in [-0.25, -0.2) is 4.98 Å². The molecule has 0 radical (unpaired) electrons. The average Bonchev–Trinajstić information content (AvgIpc) is 3.29. The molecular formula is C22H25N3O3S2. The molecule has 0 bridgehead atoms. The zero-order chi connectivity index (χ0) is 21.1. The highest BCUT2D eigenvalue weighted by atomic mass is 32.2. The summed E-state index contributed by atoms with van der Waals surface area (Å²) in [7, 11) is 0. The van der Waals surface area contributed by atoms with Crippen LogP contribution in [-0.2, 0) is 23.4 Å². The van der Waals surface area contributed by atoms with E-state index in [0.29, 0.717) is 23.9 Å². The van der Waals surface area contributed by atoms with E-state index >= 15 is 0 Å². The van der Waals surface area contributed by atoms with E-state index in [2.05, 4.69) is 15.3 Å². The van der Waals surface area contributed by atoms with Crippen molar-refractivity contribution in [2.24, 2.45) is 0 Å². The predicted octanol–water partition coefficient (Wildman–Crippen LogP) is 3.98. The number of carbonyl (C=O) groups is 1. The fourth-order valence-corrected chi connectivity index (χ4v) is 5.72. The van der Waals surface area contributed by atoms with Crippen LogP contribution in [0.15, 0.2) is 29.1 Å². The molecule has 30 heavy (non-hydrogen) atoms. The number of aromatic amines is 1. The molecule has 2 aromatic heterocycles. The Morgan fingerprint density at radius 1 is 1.33 bits per heavy atom. The highest BCUT2D eigenvalue weighted by Crippen LogP contribution is 2.34. The number of H-pyrrole nitrogens is 1. The number of nitrogens with zero attached hydrogens (tertiary/aromatic N) is 1. The lowest BCUT2D eigenvalue weighted by Crippen LogP contribution is -2.28. The van der Waals surface area contributed by atoms with Gasteiger partial charge in [0.15, 0.2) is 0 Å². The van der Waals surface area contributed by atoms with Gasteiger partial charge in [0.05, 0.1) is 29.5 Å². The van der Waals surface area contributed by atoms with Gasteiger partial charge in [0.25, 0.3) is 5.56 Å². The standard InChI is InChI=1S/C22H25N3O3S2/c1-3-28-15-9-7-14(8-10-15)13(2)23-19(26)12-29-11-18-24-21(27)20-16-5-4-6-17(16)30-22(20)25-18/h7-10,13H,3-6,11-12H2,1-2H3,(H,23,26)(H,24,25,27). The van der Waals surface area contributed by atoms with Crippen LogP contribution in [0, 0.1) is 0 Å². The number of nitrogens with one attached hydrogen (secondary N) is 2. The van der Waals surface area contributed by atoms with Gasteiger partial charge in [0, 0.05) is 4.88 Å². The Hall–Kier alpha value is -2.32. The molecular weight excluding hydrogens is 418 g/mol. The maximum absolute atomic E-state index is 12.5. The van der Waals surface area contributed by atoms with E-state index in [4.69, 9.17) is 4.74 Å². The van der Waals surface area contributed by atoms with Gasteiger partial charge in [-0.1, -0.05) is 12.1 Å². The number of benzene rings is 1. The van der Waals surface area contributed by atoms with Crippen LogP contribution in [0.25, 0.3) is 10.2 Å². The second-order valence-corrected chi connectivity index (χ2v) is 9.40. The van der Waals surface area contributed by atoms with Crippen molar-refractivity contribution in [2.75, 3.05) is 12.4 Å². The van der Waals surface area contributed by atoms with Crippen molar-refractivity contribution in [3.63, 3.8) is 0 Å². The Morgan fingerprint density at radius 3 is 2.90 bits per heavy atom. The minimum Gasteiger partial charge on any atom is -0.494 e. The molecule has 1 unspecified atom stereocenters. The van der Waals surface area contributed by atoms with E-state index in [0.717, 1.165) is 40.8 Å². The van der Waals surface area contributed by atoms with E-state index in [-0.39, 0.29) is 17.5 Å². The molecule has 1 aliphatic rings. The number of aryl methyl sites for hydroxylation is 2. The molecule has 0 aliphatic heterocycles. The first-order valence-corrected chi connectivity index (χ1v) is 12.2. The molecule has 0 spiro atoms. The first kappa shape index (κ1) is 20.9. The molecule has 158 valence electrons. The summed E-state index contributed by atoms with van der Waals surface area (Å²) in [6.45, 7) is 4.54. The Labute approximate surface area is 183 Å². The van der Waals surface area contributed by atoms with Gasteiger partial charge in [-0.2, -0.15) is 0 Å². The maximum atomic E-state index is 12.5. The van der Waals surface area contributed by atoms with Gasteiger partial charge < -0.3 is 15.0 Å². The maximum Gasteiger partial charge on any atom is 0.259 e. The van der Waals surface area contributed by atoms with E-state index in [1.807, 2.05) is 38.1 Å². The third kappa shape index (κ3) is 4.54. The van der Waals surface area contributed by atoms with Crippen LogP contribution >= 0.6 is 23.1 Å². The number of thioether (sulfide) groups is 1. The number of hydrogen-bond acceptors (Lipinski definition) is 6. The predicted molar refractivity (Wildman–Crippen MR) is 123 cm³/mol. The van der Waals surface area contributed by atoms with E-state index in [1.165, 1.54) is 22.2 Å². The number of fused-ring (bicyclic) bond motifs is 3. The topological polar surface area (TPSA) is 84.1 Å². The molecule has 2 N–H and O–H groups in total. The van der Waals surface area contributed by atoms with Crippen molar-refractivity contribution < 1.29 is 9.53 Å². The summed E-state index contributed by atoms with van der Waals surface area (Å²) in [4.78, 5) is 34.5. The molecule has 1 aromatic carbocycles. The monoisotopic (exact) mass is 443 g/mol. The van der Waals surface area contributed by atoms with Crippen molar-refractivity contribution in [2.45, 2.75) is 44.9 Å². The largest absolute Gasteiger partial charge is 0.494 e. The molecule has 1 atom stereocenters. The van der Waals surface area contributed by atoms with Gasteiger partial charge in [0.2, 0.25) is 5.91 Å². The van der Waals surface area contributed by atoms with Gasteiger partial charge in [-0.3, -0.25) is 9.59 Å². The van der Waals surface area contributed by atoms with Crippen molar-refractivity contribution in [3.05, 3.63) is 56.4 Å². The molecule has 0 saturated carbocycles. The number of carbonyl (C=O) groups excluding carboxylic acids is 1. The van der Waals surface area contributed by atoms with Crippen LogP contribution < -0.4 is 15.6 Å². The SMILES string of the molecule is CCOc1ccc(C(C)NC(=O)CSCc2nc3sc4c(c3c(=O)[nH]2)CCC4)cc1. The van der Waals surface area contributed by atoms with Crippen molar-refractivity contribution in [1.29, 1.82) is 0 Å². The Balaban J connectivity index is 1.30. The minimum absolute atomic E-state index is 0.0418. The lowest BCUT2D eigenvalue weighted by atomic mass is 10.1. The zero-order valence-corrected chi connectivity index (χ0v) is 18.8. The minimum atomic E-state index is -0.0865. The second-order valence-electron chi connectivity index (χ2n) is 7.33. The van der Waals surface area contributed by atoms with Crippen LogP contribution in [-0.4, -0.2) is 28.2 Å². The first-order valence-electron chi connectivity index (χ1n) is 10.2. The summed E-state index contributed by atoms with van der Waals surface area (Å²) < 4.78 is 5.45. The number of rotatable bonds is 8. The lowest BCUT2D eigenvalue weighted by molar-refractivity contribution is -0.119. The summed E-state index contributed by atoms with van der Waals surface area (Å²) in [5, 5.41) is 3.78. The Kier molecular flexibility index (Phi) is 6.43. The van der Waals surface area contributed by atoms with E-state index in [1.54, 1.807) is 11.3 Å². The Bertz CT molecular complexity index is 1110. The normalized spacial score (nSPS) is 13.9. The van der Waals surface area contributed by atoms with Gasteiger partial charge >= 0.3 is 0 Å². The summed E-state index contributed by atoms with van der Waals surface area (Å²) in [6.07, 6.45) is 3.14. The number of amides is 1. The van der Waals surface area contributed by atoms with Gasteiger partial charge in [0.1, 0.15) is 16.4 Å². The third-order valence-corrected chi connectivity index (χ3v) is 7.29. The lowest BCUT2D eigenvalue weighted by Gasteiger charge is -2.15. The molecule has 0 saturated heterocycles. The smallest absolute Gasteiger partial charge is 0.259 e. The van der Waals surface area contributed by atoms with Crippen LogP contribution in [0.2, 0.25) is 0 Å². The average molecular weight is 444 g/mol. The number of ether oxygens (including phenoxy) is 1. The van der Waals surface area contributed by atoms with Gasteiger partial charge in [-0.15, -0.1) is 23.1 Å². The number of aromatic nitrogens is 2. The van der Waals surface area contributed by atoms with Crippen molar-refractivity contribution >= 4 is 39.2 Å². The van der Waals surface area contributed by atoms with Crippen molar-refractivity contribution in [3.8, 4) is 5.75 Å². The van der Waals surface area contributed by atoms with Crippen molar-refractivity contribution in [1.82, 2.24) is 15.3 Å². The summed E-state index contributed by atoms with van der Waals surface area (Å²) in [5.74, 6) is 2.22. The molecule has 1 amide bonds. The van der Waals surface area contributed by atoms with Crippen LogP contribution in [0.1, 0.15) is 48.1 Å². The highest BCUT2D eigenvalue weighted by molar-refractivity contribution is 7.99. The summed E-state index contributed by atoms with van der Waals surface area (Å²) in [5.41, 5.74) is 2.16. The summed E-state index contributed by atoms with van der Waals surface area (Å²) in [6, 6.07) is 7.66. The second kappa shape index (κ2) is 9.22. The molecule has 1 aliphatic carbocycles. The molecule has 3 aromatic rings. The van der Waals surface area contributed by atoms with E-state index < -0.39 is 0 Å². The zero-order valence-electron chi connectivity index (χ0n) is 17.1. The van der Waals surface area contributed by atoms with E-state index in [9.17, 15) is 9.59 Å². The molecule has 8 heteroatoms. The third-order valence-electron chi connectivity index (χ3n) is 5.16. The quantitative estimate of drug-likeness (QED) is 0.550. The number of thiophene rings is 1. The first-order chi connectivity index (χ1) is 14.5. The molecule has 6 nitrogen and oxygen atoms in total. The van der Waals surface area contributed by atoms with Crippen LogP contribution in [0.3, 0.4) is 0 Å². The molecule has 0 fully saturated rings. The molecule has 4 rings (SSSR count). The molecule has 2 heterocycles. The number of hydrogen-bond donors (Lipinski definition) is 2.